The first-order valence-corrected chi connectivity index (χ1v) is 6.87. The normalized spacial score (nSPS) is 12.7. The van der Waals surface area contributed by atoms with E-state index in [4.69, 9.17) is 4.74 Å². The minimum absolute atomic E-state index is 0.147. The van der Waals surface area contributed by atoms with E-state index in [0.29, 0.717) is 22.3 Å². The number of esters is 1. The lowest BCUT2D eigenvalue weighted by Crippen LogP contribution is -2.17. The molecule has 0 aliphatic carbocycles. The standard InChI is InChI=1S/C17H19FO2/c1-11(2)10-12(3)20-17(19)15-8-9-16(18)14-7-5-4-6-13(14)15/h4-9,11-12H,10H2,1-3H3. The first-order chi connectivity index (χ1) is 9.49. The minimum Gasteiger partial charge on any atom is -0.459 e. The molecule has 0 saturated carbocycles. The first-order valence-electron chi connectivity index (χ1n) is 6.87. The van der Waals surface area contributed by atoms with Gasteiger partial charge in [-0.2, -0.15) is 0 Å². The number of rotatable bonds is 4. The molecule has 0 amide bonds. The van der Waals surface area contributed by atoms with Gasteiger partial charge in [0.05, 0.1) is 11.7 Å². The van der Waals surface area contributed by atoms with Gasteiger partial charge in [0.25, 0.3) is 0 Å². The summed E-state index contributed by atoms with van der Waals surface area (Å²) in [7, 11) is 0. The maximum Gasteiger partial charge on any atom is 0.339 e. The third-order valence-electron chi connectivity index (χ3n) is 3.20. The van der Waals surface area contributed by atoms with Gasteiger partial charge in [-0.05, 0) is 36.8 Å². The predicted molar refractivity (Wildman–Crippen MR) is 78.2 cm³/mol. The van der Waals surface area contributed by atoms with Crippen molar-refractivity contribution in [3.8, 4) is 0 Å². The molecule has 0 N–H and O–H groups in total. The van der Waals surface area contributed by atoms with Crippen molar-refractivity contribution >= 4 is 16.7 Å². The first kappa shape index (κ1) is 14.5. The fourth-order valence-corrected chi connectivity index (χ4v) is 2.40. The van der Waals surface area contributed by atoms with Gasteiger partial charge in [-0.1, -0.05) is 38.1 Å². The molecule has 0 heterocycles. The van der Waals surface area contributed by atoms with Crippen LogP contribution in [0.5, 0.6) is 0 Å². The fourth-order valence-electron chi connectivity index (χ4n) is 2.40. The van der Waals surface area contributed by atoms with Crippen molar-refractivity contribution in [1.82, 2.24) is 0 Å². The molecule has 2 nitrogen and oxygen atoms in total. The Balaban J connectivity index is 2.29. The van der Waals surface area contributed by atoms with Crippen LogP contribution in [0.15, 0.2) is 36.4 Å². The summed E-state index contributed by atoms with van der Waals surface area (Å²) in [5.41, 5.74) is 0.414. The second kappa shape index (κ2) is 6.04. The lowest BCUT2D eigenvalue weighted by Gasteiger charge is -2.16. The van der Waals surface area contributed by atoms with E-state index in [2.05, 4.69) is 13.8 Å². The molecule has 2 aromatic rings. The van der Waals surface area contributed by atoms with E-state index in [9.17, 15) is 9.18 Å². The van der Waals surface area contributed by atoms with E-state index in [1.54, 1.807) is 24.3 Å². The van der Waals surface area contributed by atoms with Gasteiger partial charge in [-0.25, -0.2) is 9.18 Å². The summed E-state index contributed by atoms with van der Waals surface area (Å²) in [6.07, 6.45) is 0.663. The highest BCUT2D eigenvalue weighted by atomic mass is 19.1. The van der Waals surface area contributed by atoms with Gasteiger partial charge < -0.3 is 4.74 Å². The molecule has 0 aliphatic rings. The zero-order valence-corrected chi connectivity index (χ0v) is 12.0. The lowest BCUT2D eigenvalue weighted by atomic mass is 10.0. The van der Waals surface area contributed by atoms with Crippen LogP contribution in [0.4, 0.5) is 4.39 Å². The molecule has 0 saturated heterocycles. The molecule has 1 atom stereocenters. The summed E-state index contributed by atoms with van der Waals surface area (Å²) >= 11 is 0. The summed E-state index contributed by atoms with van der Waals surface area (Å²) < 4.78 is 19.1. The smallest absolute Gasteiger partial charge is 0.339 e. The largest absolute Gasteiger partial charge is 0.459 e. The van der Waals surface area contributed by atoms with Crippen molar-refractivity contribution in [2.45, 2.75) is 33.3 Å². The highest BCUT2D eigenvalue weighted by Crippen LogP contribution is 2.23. The van der Waals surface area contributed by atoms with Gasteiger partial charge in [0.15, 0.2) is 0 Å². The predicted octanol–water partition coefficient (Wildman–Crippen LogP) is 4.57. The number of benzene rings is 2. The number of hydrogen-bond donors (Lipinski definition) is 0. The van der Waals surface area contributed by atoms with Crippen LogP contribution in [-0.2, 0) is 4.74 Å². The molecular formula is C17H19FO2. The molecule has 3 heteroatoms. The topological polar surface area (TPSA) is 26.3 Å². The van der Waals surface area contributed by atoms with Gasteiger partial charge >= 0.3 is 5.97 Å². The van der Waals surface area contributed by atoms with Gasteiger partial charge in [0.1, 0.15) is 5.82 Å². The van der Waals surface area contributed by atoms with Crippen LogP contribution in [0.3, 0.4) is 0 Å². The average Bonchev–Trinajstić information content (AvgIpc) is 2.38. The van der Waals surface area contributed by atoms with Crippen molar-refractivity contribution in [3.63, 3.8) is 0 Å². The van der Waals surface area contributed by atoms with Crippen molar-refractivity contribution in [3.05, 3.63) is 47.8 Å². The highest BCUT2D eigenvalue weighted by molar-refractivity contribution is 6.04. The fraction of sp³-hybridized carbons (Fsp3) is 0.353. The molecule has 0 fully saturated rings. The third-order valence-corrected chi connectivity index (χ3v) is 3.20. The van der Waals surface area contributed by atoms with E-state index in [0.717, 1.165) is 6.42 Å². The van der Waals surface area contributed by atoms with Crippen LogP contribution in [0.1, 0.15) is 37.6 Å². The Kier molecular flexibility index (Phi) is 4.38. The van der Waals surface area contributed by atoms with E-state index in [-0.39, 0.29) is 11.9 Å². The zero-order chi connectivity index (χ0) is 14.7. The maximum absolute atomic E-state index is 13.7. The average molecular weight is 274 g/mol. The lowest BCUT2D eigenvalue weighted by molar-refractivity contribution is 0.0302. The number of fused-ring (bicyclic) bond motifs is 1. The SMILES string of the molecule is CC(C)CC(C)OC(=O)c1ccc(F)c2ccccc12. The van der Waals surface area contributed by atoms with Gasteiger partial charge in [-0.15, -0.1) is 0 Å². The molecule has 0 aliphatic heterocycles. The monoisotopic (exact) mass is 274 g/mol. The zero-order valence-electron chi connectivity index (χ0n) is 12.0. The second-order valence-electron chi connectivity index (χ2n) is 5.49. The van der Waals surface area contributed by atoms with Crippen LogP contribution < -0.4 is 0 Å². The number of hydrogen-bond acceptors (Lipinski definition) is 2. The van der Waals surface area contributed by atoms with Gasteiger partial charge in [0.2, 0.25) is 0 Å². The van der Waals surface area contributed by atoms with Crippen LogP contribution in [0, 0.1) is 11.7 Å². The molecule has 20 heavy (non-hydrogen) atoms. The van der Waals surface area contributed by atoms with E-state index < -0.39 is 5.97 Å². The van der Waals surface area contributed by atoms with E-state index in [1.165, 1.54) is 12.1 Å². The maximum atomic E-state index is 13.7. The molecule has 106 valence electrons. The van der Waals surface area contributed by atoms with Crippen LogP contribution in [-0.4, -0.2) is 12.1 Å². The Morgan fingerprint density at radius 1 is 1.10 bits per heavy atom. The van der Waals surface area contributed by atoms with E-state index >= 15 is 0 Å². The number of carbonyl (C=O) groups excluding carboxylic acids is 1. The molecule has 0 aromatic heterocycles. The molecule has 2 rings (SSSR count). The number of ether oxygens (including phenoxy) is 1. The summed E-state index contributed by atoms with van der Waals surface area (Å²) in [5.74, 6) is -0.260. The van der Waals surface area contributed by atoms with Gasteiger partial charge in [0, 0.05) is 5.39 Å². The Morgan fingerprint density at radius 3 is 2.40 bits per heavy atom. The van der Waals surface area contributed by atoms with E-state index in [1.807, 2.05) is 6.92 Å². The Labute approximate surface area is 118 Å². The quantitative estimate of drug-likeness (QED) is 0.763. The van der Waals surface area contributed by atoms with Gasteiger partial charge in [-0.3, -0.25) is 0 Å². The molecule has 0 spiro atoms. The van der Waals surface area contributed by atoms with Crippen molar-refractivity contribution in [2.75, 3.05) is 0 Å². The molecular weight excluding hydrogens is 255 g/mol. The Morgan fingerprint density at radius 2 is 1.75 bits per heavy atom. The summed E-state index contributed by atoms with van der Waals surface area (Å²) in [5, 5.41) is 1.03. The number of halogens is 1. The van der Waals surface area contributed by atoms with Crippen molar-refractivity contribution in [2.24, 2.45) is 5.92 Å². The van der Waals surface area contributed by atoms with Crippen LogP contribution >= 0.6 is 0 Å². The molecule has 0 radical (unpaired) electrons. The van der Waals surface area contributed by atoms with Crippen LogP contribution in [0.25, 0.3) is 10.8 Å². The molecule has 0 bridgehead atoms. The summed E-state index contributed by atoms with van der Waals surface area (Å²) in [6.45, 7) is 6.04. The van der Waals surface area contributed by atoms with Crippen molar-refractivity contribution in [1.29, 1.82) is 0 Å². The minimum atomic E-state index is -0.394. The molecule has 2 aromatic carbocycles. The summed E-state index contributed by atoms with van der Waals surface area (Å²) in [4.78, 5) is 12.2. The second-order valence-corrected chi connectivity index (χ2v) is 5.49. The van der Waals surface area contributed by atoms with Crippen LogP contribution in [0.2, 0.25) is 0 Å². The third kappa shape index (κ3) is 3.16. The number of carbonyl (C=O) groups is 1. The Bertz CT molecular complexity index is 619. The van der Waals surface area contributed by atoms with Crippen molar-refractivity contribution < 1.29 is 13.9 Å². The highest BCUT2D eigenvalue weighted by Gasteiger charge is 2.16. The molecule has 1 unspecified atom stereocenters. The Hall–Kier alpha value is -1.90. The summed E-state index contributed by atoms with van der Waals surface area (Å²) in [6, 6.07) is 9.74.